The number of nitrogens with zero attached hydrogens (tertiary/aromatic N) is 4. The van der Waals surface area contributed by atoms with Gasteiger partial charge >= 0.3 is 6.03 Å². The van der Waals surface area contributed by atoms with Crippen molar-refractivity contribution in [1.29, 1.82) is 0 Å². The molecule has 0 saturated carbocycles. The lowest BCUT2D eigenvalue weighted by Gasteiger charge is -2.28. The molecule has 3 heterocycles. The van der Waals surface area contributed by atoms with Gasteiger partial charge in [-0.3, -0.25) is 4.79 Å². The largest absolute Gasteiger partial charge is 0.494 e. The lowest BCUT2D eigenvalue weighted by Crippen LogP contribution is -2.50. The zero-order chi connectivity index (χ0) is 27.4. The summed E-state index contributed by atoms with van der Waals surface area (Å²) in [5, 5.41) is 6.83. The molecule has 9 nitrogen and oxygen atoms in total. The molecule has 2 aliphatic rings. The molecule has 1 atom stereocenters. The van der Waals surface area contributed by atoms with Crippen LogP contribution in [-0.2, 0) is 11.2 Å². The van der Waals surface area contributed by atoms with Gasteiger partial charge in [-0.2, -0.15) is 9.78 Å². The second-order valence-corrected chi connectivity index (χ2v) is 10.3. The molecule has 2 aromatic carbocycles. The Kier molecular flexibility index (Phi) is 8.11. The number of nitrogens with one attached hydrogen (secondary N) is 1. The first-order chi connectivity index (χ1) is 18.9. The number of hydrogen-bond donors (Lipinski definition) is 1. The number of ether oxygens (including phenoxy) is 2. The van der Waals surface area contributed by atoms with Gasteiger partial charge in [0, 0.05) is 25.7 Å². The van der Waals surface area contributed by atoms with Gasteiger partial charge in [0.1, 0.15) is 30.0 Å². The maximum Gasteiger partial charge on any atom is 0.342 e. The summed E-state index contributed by atoms with van der Waals surface area (Å²) in [6, 6.07) is 10.2. The molecule has 2 aliphatic heterocycles. The van der Waals surface area contributed by atoms with Crippen LogP contribution in [0.25, 0.3) is 0 Å². The van der Waals surface area contributed by atoms with E-state index in [0.29, 0.717) is 36.1 Å². The summed E-state index contributed by atoms with van der Waals surface area (Å²) in [5.74, 6) is 1.27. The molecule has 0 spiro atoms. The molecule has 1 fully saturated rings. The molecule has 1 aromatic heterocycles. The van der Waals surface area contributed by atoms with Crippen LogP contribution < -0.4 is 19.7 Å². The van der Waals surface area contributed by atoms with Crippen LogP contribution in [0.1, 0.15) is 30.4 Å². The molecule has 10 heteroatoms. The van der Waals surface area contributed by atoms with E-state index in [1.54, 1.807) is 37.6 Å². The van der Waals surface area contributed by atoms with Gasteiger partial charge in [-0.15, -0.1) is 0 Å². The molecule has 0 bridgehead atoms. The molecule has 39 heavy (non-hydrogen) atoms. The van der Waals surface area contributed by atoms with Crippen molar-refractivity contribution in [1.82, 2.24) is 20.0 Å². The van der Waals surface area contributed by atoms with Crippen molar-refractivity contribution in [3.8, 4) is 11.5 Å². The highest BCUT2D eigenvalue weighted by molar-refractivity contribution is 6.00. The summed E-state index contributed by atoms with van der Waals surface area (Å²) < 4.78 is 26.5. The number of carbonyl (C=O) groups excluding carboxylic acids is 2. The second kappa shape index (κ2) is 11.9. The number of hydrogen-bond acceptors (Lipinski definition) is 6. The van der Waals surface area contributed by atoms with Gasteiger partial charge in [-0.05, 0) is 80.7 Å². The topological polar surface area (TPSA) is 88.9 Å². The molecule has 2 amide bonds. The van der Waals surface area contributed by atoms with Gasteiger partial charge < -0.3 is 24.6 Å². The molecular weight excluding hydrogens is 501 g/mol. The Bertz CT molecular complexity index is 1320. The normalized spacial score (nSPS) is 18.3. The molecule has 5 rings (SSSR count). The number of rotatable bonds is 7. The van der Waals surface area contributed by atoms with Gasteiger partial charge in [0.25, 0.3) is 5.91 Å². The number of aromatic nitrogens is 2. The molecule has 3 aromatic rings. The van der Waals surface area contributed by atoms with E-state index < -0.39 is 12.1 Å². The highest BCUT2D eigenvalue weighted by atomic mass is 19.1. The van der Waals surface area contributed by atoms with E-state index in [2.05, 4.69) is 22.4 Å². The molecule has 0 unspecified atom stereocenters. The fraction of sp³-hybridized carbons (Fsp3) is 0.414. The maximum atomic E-state index is 13.5. The van der Waals surface area contributed by atoms with Gasteiger partial charge in [0.15, 0.2) is 0 Å². The third-order valence-electron chi connectivity index (χ3n) is 7.40. The number of halogens is 1. The number of carbonyl (C=O) groups is 2. The summed E-state index contributed by atoms with van der Waals surface area (Å²) in [4.78, 5) is 29.9. The first-order valence-electron chi connectivity index (χ1n) is 13.3. The quantitative estimate of drug-likeness (QED) is 0.496. The van der Waals surface area contributed by atoms with Gasteiger partial charge in [-0.1, -0.05) is 12.1 Å². The summed E-state index contributed by atoms with van der Waals surface area (Å²) in [7, 11) is 3.81. The summed E-state index contributed by atoms with van der Waals surface area (Å²) in [6.07, 6.45) is 6.92. The average Bonchev–Trinajstić information content (AvgIpc) is 3.36. The maximum absolute atomic E-state index is 13.5. The Hall–Kier alpha value is -3.92. The minimum absolute atomic E-state index is 0.0182. The Labute approximate surface area is 227 Å². The fourth-order valence-corrected chi connectivity index (χ4v) is 5.03. The lowest BCUT2D eigenvalue weighted by atomic mass is 9.94. The fourth-order valence-electron chi connectivity index (χ4n) is 5.03. The van der Waals surface area contributed by atoms with Gasteiger partial charge in [0.05, 0.1) is 18.5 Å². The zero-order valence-corrected chi connectivity index (χ0v) is 22.3. The summed E-state index contributed by atoms with van der Waals surface area (Å²) in [5.41, 5.74) is 2.10. The van der Waals surface area contributed by atoms with E-state index in [0.717, 1.165) is 35.3 Å². The third kappa shape index (κ3) is 6.57. The summed E-state index contributed by atoms with van der Waals surface area (Å²) >= 11 is 0. The van der Waals surface area contributed by atoms with Crippen molar-refractivity contribution >= 4 is 17.6 Å². The van der Waals surface area contributed by atoms with Crippen molar-refractivity contribution in [2.75, 3.05) is 45.3 Å². The van der Waals surface area contributed by atoms with Crippen molar-refractivity contribution in [2.24, 2.45) is 5.92 Å². The van der Waals surface area contributed by atoms with Gasteiger partial charge in [-0.25, -0.2) is 9.18 Å². The Morgan fingerprint density at radius 3 is 2.77 bits per heavy atom. The number of anilines is 1. The molecule has 1 N–H and O–H groups in total. The average molecular weight is 536 g/mol. The summed E-state index contributed by atoms with van der Waals surface area (Å²) in [6.45, 7) is 2.86. The van der Waals surface area contributed by atoms with Gasteiger partial charge in [0.2, 0.25) is 0 Å². The molecular formula is C29H34FN5O4. The Balaban J connectivity index is 1.17. The smallest absolute Gasteiger partial charge is 0.342 e. The predicted molar refractivity (Wildman–Crippen MR) is 145 cm³/mol. The van der Waals surface area contributed by atoms with Crippen LogP contribution >= 0.6 is 0 Å². The number of amides is 2. The van der Waals surface area contributed by atoms with E-state index in [1.165, 1.54) is 29.9 Å². The number of likely N-dealkylation sites (N-methyl/N-ethyl adjacent to an activating group) is 1. The monoisotopic (exact) mass is 535 g/mol. The van der Waals surface area contributed by atoms with Crippen molar-refractivity contribution in [2.45, 2.75) is 31.7 Å². The minimum atomic E-state index is -0.903. The van der Waals surface area contributed by atoms with E-state index in [1.807, 2.05) is 12.1 Å². The lowest BCUT2D eigenvalue weighted by molar-refractivity contribution is -0.120. The van der Waals surface area contributed by atoms with E-state index in [9.17, 15) is 14.0 Å². The van der Waals surface area contributed by atoms with Crippen LogP contribution in [0, 0.1) is 11.7 Å². The van der Waals surface area contributed by atoms with Crippen LogP contribution in [0.4, 0.5) is 14.9 Å². The van der Waals surface area contributed by atoms with E-state index >= 15 is 0 Å². The van der Waals surface area contributed by atoms with Crippen LogP contribution in [-0.4, -0.2) is 73.1 Å². The standard InChI is InChI=1S/C29H34FN5O4/c1-33-11-8-20(9-12-33)10-13-38-24-6-7-27-26(16-24)34(2)28(36)25(19-39-27)32-29(37)35-18-22(17-31-35)14-21-4-3-5-23(30)15-21/h3-7,15-18,20,25H,8-14,19H2,1-2H3,(H,32,37)/t25-/m0/s1. The number of benzene rings is 2. The first kappa shape index (κ1) is 26.7. The van der Waals surface area contributed by atoms with Crippen molar-refractivity contribution in [3.05, 3.63) is 71.8 Å². The van der Waals surface area contributed by atoms with Crippen LogP contribution in [0.3, 0.4) is 0 Å². The van der Waals surface area contributed by atoms with Crippen LogP contribution in [0.2, 0.25) is 0 Å². The SMILES string of the molecule is CN1CCC(CCOc2ccc3c(c2)N(C)C(=O)[C@@H](NC(=O)n2cc(Cc4cccc(F)c4)cn2)CO3)CC1. The van der Waals surface area contributed by atoms with E-state index in [-0.39, 0.29) is 18.3 Å². The second-order valence-electron chi connectivity index (χ2n) is 10.3. The van der Waals surface area contributed by atoms with Crippen LogP contribution in [0.5, 0.6) is 11.5 Å². The molecule has 206 valence electrons. The predicted octanol–water partition coefficient (Wildman–Crippen LogP) is 3.71. The molecule has 0 aliphatic carbocycles. The molecule has 0 radical (unpaired) electrons. The Morgan fingerprint density at radius 2 is 1.97 bits per heavy atom. The van der Waals surface area contributed by atoms with E-state index in [4.69, 9.17) is 9.47 Å². The number of piperidine rings is 1. The zero-order valence-electron chi connectivity index (χ0n) is 22.3. The highest BCUT2D eigenvalue weighted by Gasteiger charge is 2.31. The Morgan fingerprint density at radius 1 is 1.15 bits per heavy atom. The number of likely N-dealkylation sites (tertiary alicyclic amines) is 1. The minimum Gasteiger partial charge on any atom is -0.494 e. The third-order valence-corrected chi connectivity index (χ3v) is 7.40. The molecule has 1 saturated heterocycles. The first-order valence-corrected chi connectivity index (χ1v) is 13.3. The highest BCUT2D eigenvalue weighted by Crippen LogP contribution is 2.34. The van der Waals surface area contributed by atoms with Crippen molar-refractivity contribution < 1.29 is 23.5 Å². The van der Waals surface area contributed by atoms with Crippen molar-refractivity contribution in [3.63, 3.8) is 0 Å². The van der Waals surface area contributed by atoms with Crippen LogP contribution in [0.15, 0.2) is 54.9 Å². The number of fused-ring (bicyclic) bond motifs is 1.